The Labute approximate surface area is 200 Å². The predicted molar refractivity (Wildman–Crippen MR) is 137 cm³/mol. The SMILES string of the molecule is Cc1ccc(/[N+](=C\C2(C)N=C2c2ccccc2)C([O-])=C(c2ccccc2)c2ccccc2)cc1. The number of hydrogen-bond acceptors (Lipinski definition) is 2. The molecule has 0 radical (unpaired) electrons. The highest BCUT2D eigenvalue weighted by molar-refractivity contribution is 6.25. The number of hydrogen-bond donors (Lipinski definition) is 0. The van der Waals surface area contributed by atoms with Crippen LogP contribution in [0.2, 0.25) is 0 Å². The van der Waals surface area contributed by atoms with Gasteiger partial charge >= 0.3 is 0 Å². The number of benzene rings is 4. The largest absolute Gasteiger partial charge is 0.822 e. The van der Waals surface area contributed by atoms with Crippen LogP contribution >= 0.6 is 0 Å². The van der Waals surface area contributed by atoms with Crippen LogP contribution in [0.4, 0.5) is 5.69 Å². The number of aryl methyl sites for hydroxylation is 1. The van der Waals surface area contributed by atoms with E-state index >= 15 is 0 Å². The molecule has 1 unspecified atom stereocenters. The van der Waals surface area contributed by atoms with Crippen molar-refractivity contribution in [3.63, 3.8) is 0 Å². The molecular formula is C31H26N2O. The van der Waals surface area contributed by atoms with Crippen molar-refractivity contribution in [2.24, 2.45) is 4.99 Å². The summed E-state index contributed by atoms with van der Waals surface area (Å²) in [6.07, 6.45) is 1.95. The van der Waals surface area contributed by atoms with Gasteiger partial charge in [-0.05, 0) is 30.5 Å². The Kier molecular flexibility index (Phi) is 5.69. The molecule has 3 nitrogen and oxygen atoms in total. The molecule has 0 bridgehead atoms. The Hall–Kier alpha value is -4.24. The molecular weight excluding hydrogens is 416 g/mol. The smallest absolute Gasteiger partial charge is 0.209 e. The first kappa shape index (κ1) is 21.6. The average Bonchev–Trinajstić information content (AvgIpc) is 3.56. The Morgan fingerprint density at radius 1 is 0.735 bits per heavy atom. The van der Waals surface area contributed by atoms with Crippen molar-refractivity contribution >= 4 is 23.2 Å². The molecule has 1 aliphatic rings. The van der Waals surface area contributed by atoms with Crippen LogP contribution in [0.5, 0.6) is 0 Å². The minimum atomic E-state index is -0.541. The zero-order valence-electron chi connectivity index (χ0n) is 19.3. The van der Waals surface area contributed by atoms with E-state index in [2.05, 4.69) is 19.1 Å². The molecule has 0 saturated heterocycles. The molecule has 1 atom stereocenters. The van der Waals surface area contributed by atoms with Gasteiger partial charge in [0.05, 0.1) is 5.71 Å². The Morgan fingerprint density at radius 2 is 1.24 bits per heavy atom. The Balaban J connectivity index is 1.69. The third kappa shape index (κ3) is 4.33. The van der Waals surface area contributed by atoms with E-state index in [1.165, 1.54) is 0 Å². The van der Waals surface area contributed by atoms with E-state index in [1.54, 1.807) is 4.58 Å². The zero-order valence-corrected chi connectivity index (χ0v) is 19.3. The molecule has 1 aliphatic heterocycles. The van der Waals surface area contributed by atoms with E-state index in [-0.39, 0.29) is 5.88 Å². The molecule has 4 aromatic carbocycles. The van der Waals surface area contributed by atoms with Gasteiger partial charge in [0.15, 0.2) is 17.6 Å². The average molecular weight is 443 g/mol. The lowest BCUT2D eigenvalue weighted by Crippen LogP contribution is -2.28. The van der Waals surface area contributed by atoms with Crippen LogP contribution in [-0.2, 0) is 0 Å². The highest BCUT2D eigenvalue weighted by Gasteiger charge is 2.46. The monoisotopic (exact) mass is 442 g/mol. The summed E-state index contributed by atoms with van der Waals surface area (Å²) in [7, 11) is 0. The van der Waals surface area contributed by atoms with Crippen LogP contribution in [0.1, 0.15) is 29.2 Å². The Morgan fingerprint density at radius 3 is 1.76 bits per heavy atom. The van der Waals surface area contributed by atoms with Gasteiger partial charge in [-0.15, -0.1) is 0 Å². The lowest BCUT2D eigenvalue weighted by molar-refractivity contribution is -0.545. The predicted octanol–water partition coefficient (Wildman–Crippen LogP) is 5.75. The molecule has 1 heterocycles. The van der Waals surface area contributed by atoms with Crippen LogP contribution in [-0.4, -0.2) is 22.0 Å². The normalized spacial score (nSPS) is 17.1. The lowest BCUT2D eigenvalue weighted by atomic mass is 9.97. The van der Waals surface area contributed by atoms with Gasteiger partial charge in [0.2, 0.25) is 5.69 Å². The van der Waals surface area contributed by atoms with E-state index in [0.717, 1.165) is 33.7 Å². The van der Waals surface area contributed by atoms with E-state index in [4.69, 9.17) is 4.99 Å². The summed E-state index contributed by atoms with van der Waals surface area (Å²) in [5, 5.41) is 14.3. The van der Waals surface area contributed by atoms with Crippen molar-refractivity contribution in [1.82, 2.24) is 0 Å². The molecule has 5 rings (SSSR count). The van der Waals surface area contributed by atoms with Crippen LogP contribution in [0.15, 0.2) is 126 Å². The molecule has 0 fully saturated rings. The number of rotatable bonds is 6. The molecule has 0 N–H and O–H groups in total. The molecule has 34 heavy (non-hydrogen) atoms. The van der Waals surface area contributed by atoms with Gasteiger partial charge in [-0.1, -0.05) is 109 Å². The molecule has 0 aromatic heterocycles. The van der Waals surface area contributed by atoms with E-state index in [0.29, 0.717) is 5.57 Å². The summed E-state index contributed by atoms with van der Waals surface area (Å²) in [6.45, 7) is 4.10. The first-order valence-electron chi connectivity index (χ1n) is 11.4. The van der Waals surface area contributed by atoms with Crippen LogP contribution in [0.25, 0.3) is 5.57 Å². The highest BCUT2D eigenvalue weighted by Crippen LogP contribution is 2.33. The maximum absolute atomic E-state index is 14.3. The topological polar surface area (TPSA) is 38.4 Å². The number of aliphatic imine (C=N–C) groups is 1. The fourth-order valence-electron chi connectivity index (χ4n) is 4.20. The molecule has 3 heteroatoms. The van der Waals surface area contributed by atoms with E-state index in [9.17, 15) is 5.11 Å². The van der Waals surface area contributed by atoms with E-state index in [1.807, 2.05) is 116 Å². The fourth-order valence-corrected chi connectivity index (χ4v) is 4.20. The van der Waals surface area contributed by atoms with Gasteiger partial charge in [0.1, 0.15) is 0 Å². The lowest BCUT2D eigenvalue weighted by Gasteiger charge is -2.18. The summed E-state index contributed by atoms with van der Waals surface area (Å²) >= 11 is 0. The first-order valence-corrected chi connectivity index (χ1v) is 11.4. The summed E-state index contributed by atoms with van der Waals surface area (Å²) in [4.78, 5) is 4.78. The molecule has 0 spiro atoms. The van der Waals surface area contributed by atoms with Gasteiger partial charge in [0, 0.05) is 17.7 Å². The zero-order chi connectivity index (χ0) is 23.5. The van der Waals surface area contributed by atoms with Gasteiger partial charge < -0.3 is 5.11 Å². The summed E-state index contributed by atoms with van der Waals surface area (Å²) in [5.41, 5.74) is 5.90. The van der Waals surface area contributed by atoms with Crippen molar-refractivity contribution in [2.45, 2.75) is 19.4 Å². The second-order valence-electron chi connectivity index (χ2n) is 8.72. The maximum atomic E-state index is 14.3. The van der Waals surface area contributed by atoms with Crippen LogP contribution < -0.4 is 5.11 Å². The second-order valence-corrected chi connectivity index (χ2v) is 8.72. The summed E-state index contributed by atoms with van der Waals surface area (Å²) in [6, 6.07) is 37.9. The highest BCUT2D eigenvalue weighted by atomic mass is 16.3. The summed E-state index contributed by atoms with van der Waals surface area (Å²) in [5.74, 6) is -0.0861. The fraction of sp³-hybridized carbons (Fsp3) is 0.0968. The van der Waals surface area contributed by atoms with Crippen LogP contribution in [0.3, 0.4) is 0 Å². The third-order valence-electron chi connectivity index (χ3n) is 6.07. The van der Waals surface area contributed by atoms with Crippen LogP contribution in [0, 0.1) is 6.92 Å². The van der Waals surface area contributed by atoms with Crippen molar-refractivity contribution < 1.29 is 9.68 Å². The molecule has 166 valence electrons. The maximum Gasteiger partial charge on any atom is 0.209 e. The van der Waals surface area contributed by atoms with Crippen molar-refractivity contribution in [1.29, 1.82) is 0 Å². The van der Waals surface area contributed by atoms with Gasteiger partial charge in [-0.25, -0.2) is 0 Å². The third-order valence-corrected chi connectivity index (χ3v) is 6.07. The quantitative estimate of drug-likeness (QED) is 0.213. The molecule has 0 amide bonds. The molecule has 0 saturated carbocycles. The summed E-state index contributed by atoms with van der Waals surface area (Å²) < 4.78 is 1.76. The molecule has 4 aromatic rings. The Bertz CT molecular complexity index is 1350. The van der Waals surface area contributed by atoms with Gasteiger partial charge in [-0.3, -0.25) is 4.99 Å². The van der Waals surface area contributed by atoms with E-state index < -0.39 is 5.54 Å². The van der Waals surface area contributed by atoms with Gasteiger partial charge in [-0.2, -0.15) is 4.58 Å². The number of nitrogens with zero attached hydrogens (tertiary/aromatic N) is 2. The van der Waals surface area contributed by atoms with Crippen molar-refractivity contribution in [3.8, 4) is 0 Å². The minimum Gasteiger partial charge on any atom is -0.822 e. The van der Waals surface area contributed by atoms with Crippen molar-refractivity contribution in [2.75, 3.05) is 0 Å². The first-order chi connectivity index (χ1) is 16.5. The second kappa shape index (κ2) is 8.95. The minimum absolute atomic E-state index is 0.0861. The standard InChI is InChI=1S/C31H26N2O/c1-23-18-20-27(21-19-23)33(22-31(2)29(32-31)26-16-10-5-11-17-26)30(34)28(24-12-6-3-7-13-24)25-14-8-4-9-15-25/h3-22H,1-2H3/b33-22+. The van der Waals surface area contributed by atoms with Gasteiger partial charge in [0.25, 0.3) is 0 Å². The molecule has 0 aliphatic carbocycles. The van der Waals surface area contributed by atoms with Crippen molar-refractivity contribution in [3.05, 3.63) is 143 Å².